The number of hydrogen-bond donors (Lipinski definition) is 0. The van der Waals surface area contributed by atoms with Crippen molar-refractivity contribution in [3.8, 4) is 11.8 Å². The molecule has 0 bridgehead atoms. The summed E-state index contributed by atoms with van der Waals surface area (Å²) in [4.78, 5) is 8.70. The number of ether oxygens (including phenoxy) is 2. The number of rotatable bonds is 8. The van der Waals surface area contributed by atoms with Gasteiger partial charge < -0.3 is 18.5 Å². The monoisotopic (exact) mass is 340 g/mol. The van der Waals surface area contributed by atoms with E-state index in [9.17, 15) is 4.57 Å². The standard InChI is InChI=1S/C15H21N2O5P/c1-5-21-23(18,22-6-2)10-11-7-8-12-13(9-11)17-15(20-4)14(16-12)19-3/h7-9H,5-6,10H2,1-4H3. The minimum atomic E-state index is -3.16. The lowest BCUT2D eigenvalue weighted by atomic mass is 10.2. The molecule has 1 aromatic heterocycles. The topological polar surface area (TPSA) is 79.8 Å². The zero-order valence-corrected chi connectivity index (χ0v) is 14.6. The predicted molar refractivity (Wildman–Crippen MR) is 87.2 cm³/mol. The average molecular weight is 340 g/mol. The van der Waals surface area contributed by atoms with Crippen LogP contribution in [-0.4, -0.2) is 37.4 Å². The van der Waals surface area contributed by atoms with Crippen molar-refractivity contribution >= 4 is 18.6 Å². The molecule has 0 unspecified atom stereocenters. The van der Waals surface area contributed by atoms with E-state index in [0.29, 0.717) is 36.0 Å². The highest BCUT2D eigenvalue weighted by atomic mass is 31.2. The third-order valence-electron chi connectivity index (χ3n) is 3.08. The van der Waals surface area contributed by atoms with Crippen LogP contribution in [0, 0.1) is 0 Å². The maximum Gasteiger partial charge on any atom is 0.335 e. The van der Waals surface area contributed by atoms with Gasteiger partial charge in [-0.05, 0) is 31.5 Å². The van der Waals surface area contributed by atoms with Crippen LogP contribution in [0.5, 0.6) is 11.8 Å². The molecule has 2 rings (SSSR count). The molecule has 0 spiro atoms. The van der Waals surface area contributed by atoms with Crippen molar-refractivity contribution in [1.29, 1.82) is 0 Å². The summed E-state index contributed by atoms with van der Waals surface area (Å²) in [5.74, 6) is 0.622. The summed E-state index contributed by atoms with van der Waals surface area (Å²) in [5.41, 5.74) is 2.08. The molecule has 0 N–H and O–H groups in total. The first-order chi connectivity index (χ1) is 11.0. The average Bonchev–Trinajstić information content (AvgIpc) is 2.53. The number of fused-ring (bicyclic) bond motifs is 1. The highest BCUT2D eigenvalue weighted by Crippen LogP contribution is 2.51. The number of methoxy groups -OCH3 is 2. The van der Waals surface area contributed by atoms with Gasteiger partial charge in [-0.25, -0.2) is 9.97 Å². The Kier molecular flexibility index (Phi) is 5.93. The summed E-state index contributed by atoms with van der Waals surface area (Å²) in [6, 6.07) is 5.42. The first kappa shape index (κ1) is 17.7. The first-order valence-corrected chi connectivity index (χ1v) is 9.04. The van der Waals surface area contributed by atoms with Gasteiger partial charge in [0.1, 0.15) is 0 Å². The van der Waals surface area contributed by atoms with Crippen molar-refractivity contribution in [1.82, 2.24) is 9.97 Å². The SMILES string of the molecule is CCOP(=O)(Cc1ccc2nc(OC)c(OC)nc2c1)OCC. The van der Waals surface area contributed by atoms with Gasteiger partial charge in [0, 0.05) is 0 Å². The third kappa shape index (κ3) is 4.19. The zero-order chi connectivity index (χ0) is 16.9. The maximum atomic E-state index is 12.6. The molecule has 23 heavy (non-hydrogen) atoms. The van der Waals surface area contributed by atoms with Gasteiger partial charge in [0.05, 0.1) is 44.6 Å². The van der Waals surface area contributed by atoms with Crippen molar-refractivity contribution in [3.05, 3.63) is 23.8 Å². The number of nitrogens with zero attached hydrogens (tertiary/aromatic N) is 2. The van der Waals surface area contributed by atoms with Crippen LogP contribution in [0.4, 0.5) is 0 Å². The van der Waals surface area contributed by atoms with Crippen LogP contribution in [0.1, 0.15) is 19.4 Å². The minimum Gasteiger partial charge on any atom is -0.477 e. The van der Waals surface area contributed by atoms with Crippen LogP contribution in [0.3, 0.4) is 0 Å². The number of aromatic nitrogens is 2. The van der Waals surface area contributed by atoms with Crippen molar-refractivity contribution in [2.24, 2.45) is 0 Å². The van der Waals surface area contributed by atoms with Gasteiger partial charge in [0.25, 0.3) is 11.8 Å². The van der Waals surface area contributed by atoms with E-state index in [1.807, 2.05) is 6.07 Å². The fourth-order valence-corrected chi connectivity index (χ4v) is 3.87. The Labute approximate surface area is 135 Å². The molecule has 0 aliphatic heterocycles. The zero-order valence-electron chi connectivity index (χ0n) is 13.7. The van der Waals surface area contributed by atoms with Crippen LogP contribution in [0.15, 0.2) is 18.2 Å². The van der Waals surface area contributed by atoms with Crippen LogP contribution < -0.4 is 9.47 Å². The van der Waals surface area contributed by atoms with Crippen molar-refractivity contribution in [3.63, 3.8) is 0 Å². The third-order valence-corrected chi connectivity index (χ3v) is 5.14. The molecule has 0 fully saturated rings. The molecular weight excluding hydrogens is 319 g/mol. The normalized spacial score (nSPS) is 11.7. The van der Waals surface area contributed by atoms with E-state index < -0.39 is 7.60 Å². The number of benzene rings is 1. The Hall–Kier alpha value is -1.69. The van der Waals surface area contributed by atoms with Crippen LogP contribution >= 0.6 is 7.60 Å². The Morgan fingerprint density at radius 2 is 1.52 bits per heavy atom. The lowest BCUT2D eigenvalue weighted by Crippen LogP contribution is -2.00. The quantitative estimate of drug-likeness (QED) is 0.681. The van der Waals surface area contributed by atoms with Gasteiger partial charge in [0.2, 0.25) is 0 Å². The van der Waals surface area contributed by atoms with Crippen LogP contribution in [0.25, 0.3) is 11.0 Å². The Morgan fingerprint density at radius 1 is 0.957 bits per heavy atom. The molecule has 0 saturated heterocycles. The summed E-state index contributed by atoms with van der Waals surface area (Å²) < 4.78 is 33.6. The molecule has 2 aromatic rings. The molecule has 126 valence electrons. The van der Waals surface area contributed by atoms with E-state index in [1.54, 1.807) is 26.0 Å². The summed E-state index contributed by atoms with van der Waals surface area (Å²) in [6.07, 6.45) is 0.181. The van der Waals surface area contributed by atoms with Gasteiger partial charge >= 0.3 is 7.60 Å². The van der Waals surface area contributed by atoms with E-state index in [2.05, 4.69) is 9.97 Å². The highest BCUT2D eigenvalue weighted by molar-refractivity contribution is 7.53. The lowest BCUT2D eigenvalue weighted by molar-refractivity contribution is 0.219. The molecule has 1 aromatic carbocycles. The van der Waals surface area contributed by atoms with Gasteiger partial charge in [-0.2, -0.15) is 0 Å². The summed E-state index contributed by atoms with van der Waals surface area (Å²) in [6.45, 7) is 4.23. The summed E-state index contributed by atoms with van der Waals surface area (Å²) >= 11 is 0. The number of hydrogen-bond acceptors (Lipinski definition) is 7. The largest absolute Gasteiger partial charge is 0.477 e. The van der Waals surface area contributed by atoms with Crippen LogP contribution in [-0.2, 0) is 19.8 Å². The molecule has 0 atom stereocenters. The van der Waals surface area contributed by atoms with Crippen molar-refractivity contribution in [2.45, 2.75) is 20.0 Å². The molecule has 0 aliphatic rings. The Bertz CT molecular complexity index is 712. The molecular formula is C15H21N2O5P. The fourth-order valence-electron chi connectivity index (χ4n) is 2.18. The van der Waals surface area contributed by atoms with Gasteiger partial charge in [-0.15, -0.1) is 0 Å². The van der Waals surface area contributed by atoms with E-state index in [1.165, 1.54) is 14.2 Å². The second-order valence-corrected chi connectivity index (χ2v) is 6.72. The Balaban J connectivity index is 2.37. The predicted octanol–water partition coefficient (Wildman–Crippen LogP) is 3.41. The second kappa shape index (κ2) is 7.73. The minimum absolute atomic E-state index is 0.181. The second-order valence-electron chi connectivity index (χ2n) is 4.67. The molecule has 0 amide bonds. The Morgan fingerprint density at radius 3 is 2.04 bits per heavy atom. The van der Waals surface area contributed by atoms with E-state index >= 15 is 0 Å². The molecule has 0 radical (unpaired) electrons. The van der Waals surface area contributed by atoms with E-state index in [0.717, 1.165) is 5.56 Å². The molecule has 8 heteroatoms. The summed E-state index contributed by atoms with van der Waals surface area (Å²) in [5, 5.41) is 0. The van der Waals surface area contributed by atoms with Gasteiger partial charge in [0.15, 0.2) is 0 Å². The molecule has 0 saturated carbocycles. The van der Waals surface area contributed by atoms with Crippen LogP contribution in [0.2, 0.25) is 0 Å². The molecule has 1 heterocycles. The van der Waals surface area contributed by atoms with Crippen molar-refractivity contribution in [2.75, 3.05) is 27.4 Å². The molecule has 0 aliphatic carbocycles. The van der Waals surface area contributed by atoms with Crippen molar-refractivity contribution < 1.29 is 23.1 Å². The van der Waals surface area contributed by atoms with E-state index in [4.69, 9.17) is 18.5 Å². The highest BCUT2D eigenvalue weighted by Gasteiger charge is 2.24. The fraction of sp³-hybridized carbons (Fsp3) is 0.467. The first-order valence-electron chi connectivity index (χ1n) is 7.32. The summed E-state index contributed by atoms with van der Waals surface area (Å²) in [7, 11) is -0.150. The van der Waals surface area contributed by atoms with E-state index in [-0.39, 0.29) is 6.16 Å². The molecule has 7 nitrogen and oxygen atoms in total. The van der Waals surface area contributed by atoms with Gasteiger partial charge in [-0.3, -0.25) is 4.57 Å². The lowest BCUT2D eigenvalue weighted by Gasteiger charge is -2.17. The van der Waals surface area contributed by atoms with Gasteiger partial charge in [-0.1, -0.05) is 6.07 Å². The smallest absolute Gasteiger partial charge is 0.335 e. The maximum absolute atomic E-state index is 12.6.